The molecule has 0 aliphatic heterocycles. The number of aryl methyl sites for hydroxylation is 1. The van der Waals surface area contributed by atoms with Crippen LogP contribution in [0.5, 0.6) is 0 Å². The van der Waals surface area contributed by atoms with E-state index in [1.807, 2.05) is 4.83 Å². The fourth-order valence-corrected chi connectivity index (χ4v) is 3.14. The number of hydrogen-bond acceptors (Lipinski definition) is 4. The van der Waals surface area contributed by atoms with Crippen molar-refractivity contribution in [2.45, 2.75) is 11.1 Å². The number of anilines is 1. The Hall–Kier alpha value is -1.49. The molecule has 6 nitrogen and oxygen atoms in total. The van der Waals surface area contributed by atoms with Crippen LogP contribution < -0.4 is 10.3 Å². The number of aromatic nitrogens is 2. The van der Waals surface area contributed by atoms with E-state index >= 15 is 0 Å². The second-order valence-corrected chi connectivity index (χ2v) is 6.86. The number of hydrogen-bond donors (Lipinski definition) is 2. The summed E-state index contributed by atoms with van der Waals surface area (Å²) in [7, 11) is -3.36. The van der Waals surface area contributed by atoms with Crippen molar-refractivity contribution in [2.24, 2.45) is 7.05 Å². The standard InChI is InChI=1S/C11H9Cl2F3N4O2S/c1-20-5-9(10(18-20)11(14,15)16)23(21,22)19-17-8-3-2-6(12)4-7(8)13/h2-5,17,19H,1H3. The lowest BCUT2D eigenvalue weighted by molar-refractivity contribution is -0.143. The number of halogens is 5. The lowest BCUT2D eigenvalue weighted by atomic mass is 10.3. The van der Waals surface area contributed by atoms with Gasteiger partial charge in [0.2, 0.25) is 0 Å². The van der Waals surface area contributed by atoms with Crippen molar-refractivity contribution in [3.05, 3.63) is 40.1 Å². The number of alkyl halides is 3. The summed E-state index contributed by atoms with van der Waals surface area (Å²) < 4.78 is 63.4. The Morgan fingerprint density at radius 3 is 2.48 bits per heavy atom. The molecule has 2 rings (SSSR count). The molecule has 1 aromatic carbocycles. The minimum absolute atomic E-state index is 0.0856. The van der Waals surface area contributed by atoms with E-state index in [0.29, 0.717) is 5.02 Å². The summed E-state index contributed by atoms with van der Waals surface area (Å²) in [6, 6.07) is 4.13. The van der Waals surface area contributed by atoms with Gasteiger partial charge < -0.3 is 5.43 Å². The van der Waals surface area contributed by atoms with Crippen LogP contribution in [-0.2, 0) is 23.2 Å². The quantitative estimate of drug-likeness (QED) is 0.789. The Kier molecular flexibility index (Phi) is 4.81. The molecule has 0 aliphatic carbocycles. The van der Waals surface area contributed by atoms with Crippen molar-refractivity contribution >= 4 is 38.9 Å². The van der Waals surface area contributed by atoms with Crippen LogP contribution in [0.3, 0.4) is 0 Å². The third-order valence-corrected chi connectivity index (χ3v) is 4.40. The Labute approximate surface area is 139 Å². The maximum absolute atomic E-state index is 12.8. The average molecular weight is 389 g/mol. The van der Waals surface area contributed by atoms with Crippen molar-refractivity contribution in [1.29, 1.82) is 0 Å². The molecule has 12 heteroatoms. The third kappa shape index (κ3) is 4.08. The molecule has 0 bridgehead atoms. The van der Waals surface area contributed by atoms with Crippen LogP contribution in [0.2, 0.25) is 10.0 Å². The smallest absolute Gasteiger partial charge is 0.306 e. The summed E-state index contributed by atoms with van der Waals surface area (Å²) in [5.41, 5.74) is 0.839. The van der Waals surface area contributed by atoms with Gasteiger partial charge in [-0.25, -0.2) is 8.42 Å². The summed E-state index contributed by atoms with van der Waals surface area (Å²) in [5, 5.41) is 3.53. The van der Waals surface area contributed by atoms with E-state index in [9.17, 15) is 21.6 Å². The van der Waals surface area contributed by atoms with E-state index in [1.54, 1.807) is 0 Å². The monoisotopic (exact) mass is 388 g/mol. The molecule has 0 aliphatic rings. The van der Waals surface area contributed by atoms with Crippen LogP contribution >= 0.6 is 23.2 Å². The number of rotatable bonds is 4. The van der Waals surface area contributed by atoms with Gasteiger partial charge in [-0.05, 0) is 18.2 Å². The molecule has 1 aromatic heterocycles. The summed E-state index contributed by atoms with van der Waals surface area (Å²) in [6.45, 7) is 0. The minimum Gasteiger partial charge on any atom is -0.306 e. The van der Waals surface area contributed by atoms with Gasteiger partial charge >= 0.3 is 6.18 Å². The lowest BCUT2D eigenvalue weighted by Crippen LogP contribution is -2.31. The maximum Gasteiger partial charge on any atom is 0.436 e. The Bertz CT molecular complexity index is 836. The van der Waals surface area contributed by atoms with Crippen molar-refractivity contribution < 1.29 is 21.6 Å². The summed E-state index contributed by atoms with van der Waals surface area (Å²) >= 11 is 11.5. The molecular weight excluding hydrogens is 380 g/mol. The first-order chi connectivity index (χ1) is 10.5. The van der Waals surface area contributed by atoms with E-state index in [1.165, 1.54) is 25.2 Å². The largest absolute Gasteiger partial charge is 0.436 e. The van der Waals surface area contributed by atoms with Crippen molar-refractivity contribution in [2.75, 3.05) is 5.43 Å². The van der Waals surface area contributed by atoms with Crippen molar-refractivity contribution in [3.63, 3.8) is 0 Å². The SMILES string of the molecule is Cn1cc(S(=O)(=O)NNc2ccc(Cl)cc2Cl)c(C(F)(F)F)n1. The summed E-state index contributed by atoms with van der Waals surface area (Å²) in [4.78, 5) is 0.810. The Morgan fingerprint density at radius 1 is 1.26 bits per heavy atom. The molecular formula is C11H9Cl2F3N4O2S. The normalized spacial score (nSPS) is 12.4. The molecule has 23 heavy (non-hydrogen) atoms. The predicted molar refractivity (Wildman–Crippen MR) is 78.6 cm³/mol. The molecule has 0 spiro atoms. The topological polar surface area (TPSA) is 76.0 Å². The highest BCUT2D eigenvalue weighted by Crippen LogP contribution is 2.33. The molecule has 126 valence electrons. The first kappa shape index (κ1) is 17.9. The maximum atomic E-state index is 12.8. The van der Waals surface area contributed by atoms with Crippen molar-refractivity contribution in [3.8, 4) is 0 Å². The van der Waals surface area contributed by atoms with Crippen molar-refractivity contribution in [1.82, 2.24) is 14.6 Å². The number of nitrogens with one attached hydrogen (secondary N) is 2. The van der Waals surface area contributed by atoms with Crippen LogP contribution in [0.1, 0.15) is 5.69 Å². The van der Waals surface area contributed by atoms with E-state index in [2.05, 4.69) is 10.5 Å². The van der Waals surface area contributed by atoms with E-state index in [0.717, 1.165) is 10.9 Å². The van der Waals surface area contributed by atoms with Gasteiger partial charge in [0.15, 0.2) is 5.69 Å². The number of benzene rings is 1. The molecule has 2 N–H and O–H groups in total. The second kappa shape index (κ2) is 6.19. The van der Waals surface area contributed by atoms with Gasteiger partial charge in [-0.1, -0.05) is 23.2 Å². The number of nitrogens with zero attached hydrogens (tertiary/aromatic N) is 2. The van der Waals surface area contributed by atoms with Crippen LogP contribution in [0, 0.1) is 0 Å². The molecule has 2 aromatic rings. The van der Waals surface area contributed by atoms with Gasteiger partial charge in [-0.15, -0.1) is 4.83 Å². The zero-order valence-corrected chi connectivity index (χ0v) is 13.6. The van der Waals surface area contributed by atoms with Gasteiger partial charge in [0.05, 0.1) is 10.7 Å². The van der Waals surface area contributed by atoms with Gasteiger partial charge in [0.1, 0.15) is 4.90 Å². The van der Waals surface area contributed by atoms with Gasteiger partial charge in [-0.2, -0.15) is 18.3 Å². The molecule has 0 unspecified atom stereocenters. The van der Waals surface area contributed by atoms with Crippen LogP contribution in [0.4, 0.5) is 18.9 Å². The summed E-state index contributed by atoms with van der Waals surface area (Å²) in [5.74, 6) is 0. The first-order valence-corrected chi connectivity index (χ1v) is 8.08. The third-order valence-electron chi connectivity index (χ3n) is 2.60. The highest BCUT2D eigenvalue weighted by Gasteiger charge is 2.41. The first-order valence-electron chi connectivity index (χ1n) is 5.84. The molecule has 1 heterocycles. The lowest BCUT2D eigenvalue weighted by Gasteiger charge is -2.11. The van der Waals surface area contributed by atoms with E-state index in [-0.39, 0.29) is 10.7 Å². The number of hydrazine groups is 1. The van der Waals surface area contributed by atoms with Gasteiger partial charge in [0, 0.05) is 18.3 Å². The predicted octanol–water partition coefficient (Wildman–Crippen LogP) is 3.05. The molecule has 0 radical (unpaired) electrons. The zero-order chi connectivity index (χ0) is 17.4. The highest BCUT2D eigenvalue weighted by molar-refractivity contribution is 7.89. The van der Waals surface area contributed by atoms with Gasteiger partial charge in [0.25, 0.3) is 10.0 Å². The average Bonchev–Trinajstić information content (AvgIpc) is 2.81. The Morgan fingerprint density at radius 2 is 1.91 bits per heavy atom. The van der Waals surface area contributed by atoms with Crippen LogP contribution in [-0.4, -0.2) is 18.2 Å². The van der Waals surface area contributed by atoms with Crippen LogP contribution in [0.15, 0.2) is 29.3 Å². The molecule has 0 saturated heterocycles. The van der Waals surface area contributed by atoms with Gasteiger partial charge in [-0.3, -0.25) is 4.68 Å². The zero-order valence-electron chi connectivity index (χ0n) is 11.3. The second-order valence-electron chi connectivity index (χ2n) is 4.37. The van der Waals surface area contributed by atoms with Crippen LogP contribution in [0.25, 0.3) is 0 Å². The fraction of sp³-hybridized carbons (Fsp3) is 0.182. The Balaban J connectivity index is 2.30. The fourth-order valence-electron chi connectivity index (χ4n) is 1.63. The molecule has 0 fully saturated rings. The summed E-state index contributed by atoms with van der Waals surface area (Å²) in [6.07, 6.45) is -4.17. The molecule has 0 amide bonds. The minimum atomic E-state index is -4.91. The highest BCUT2D eigenvalue weighted by atomic mass is 35.5. The number of sulfonamides is 1. The molecule has 0 atom stereocenters. The van der Waals surface area contributed by atoms with E-state index < -0.39 is 26.8 Å². The molecule has 0 saturated carbocycles. The van der Waals surface area contributed by atoms with E-state index in [4.69, 9.17) is 23.2 Å².